The Labute approximate surface area is 284 Å². The van der Waals surface area contributed by atoms with E-state index in [4.69, 9.17) is 15.2 Å². The van der Waals surface area contributed by atoms with Crippen molar-refractivity contribution in [3.8, 4) is 0 Å². The molecule has 9 nitrogen and oxygen atoms in total. The van der Waals surface area contributed by atoms with Gasteiger partial charge in [-0.15, -0.1) is 6.58 Å². The van der Waals surface area contributed by atoms with E-state index in [1.54, 1.807) is 12.1 Å². The van der Waals surface area contributed by atoms with E-state index in [1.807, 2.05) is 66.7 Å². The van der Waals surface area contributed by atoms with Crippen molar-refractivity contribution in [1.29, 1.82) is 0 Å². The number of aliphatic hydroxyl groups excluding tert-OH is 1. The van der Waals surface area contributed by atoms with E-state index in [1.165, 1.54) is 25.7 Å². The fourth-order valence-corrected chi connectivity index (χ4v) is 6.66. The van der Waals surface area contributed by atoms with Crippen molar-refractivity contribution in [2.24, 2.45) is 0 Å². The molecule has 5 N–H and O–H groups in total. The van der Waals surface area contributed by atoms with Gasteiger partial charge in [-0.3, -0.25) is 14.5 Å². The molecule has 48 heavy (non-hydrogen) atoms. The average molecular weight is 655 g/mol. The highest BCUT2D eigenvalue weighted by Gasteiger charge is 2.34. The van der Waals surface area contributed by atoms with E-state index in [-0.39, 0.29) is 30.6 Å². The van der Waals surface area contributed by atoms with Gasteiger partial charge in [-0.1, -0.05) is 73.9 Å². The van der Waals surface area contributed by atoms with Gasteiger partial charge in [0.15, 0.2) is 6.29 Å². The number of aliphatic hydroxyl groups is 1. The van der Waals surface area contributed by atoms with E-state index in [0.717, 1.165) is 36.2 Å². The summed E-state index contributed by atoms with van der Waals surface area (Å²) in [7, 11) is 0. The van der Waals surface area contributed by atoms with Crippen molar-refractivity contribution in [1.82, 2.24) is 4.90 Å². The lowest BCUT2D eigenvalue weighted by atomic mass is 9.99. The summed E-state index contributed by atoms with van der Waals surface area (Å²) in [5.74, 6) is -0.157. The number of carbonyl (C=O) groups excluding carboxylic acids is 2. The summed E-state index contributed by atoms with van der Waals surface area (Å²) >= 11 is 0. The summed E-state index contributed by atoms with van der Waals surface area (Å²) in [6.07, 6.45) is 9.65. The first-order valence-corrected chi connectivity index (χ1v) is 17.3. The average Bonchev–Trinajstić information content (AvgIpc) is 3.64. The second-order valence-corrected chi connectivity index (χ2v) is 12.9. The summed E-state index contributed by atoms with van der Waals surface area (Å²) in [5.41, 5.74) is 10.5. The number of rotatable bonds is 16. The number of ether oxygens (including phenoxy) is 2. The van der Waals surface area contributed by atoms with Gasteiger partial charge in [0, 0.05) is 49.6 Å². The van der Waals surface area contributed by atoms with Crippen LogP contribution in [0.5, 0.6) is 0 Å². The van der Waals surface area contributed by atoms with Crippen molar-refractivity contribution in [2.45, 2.75) is 95.4 Å². The first-order valence-electron chi connectivity index (χ1n) is 17.3. The van der Waals surface area contributed by atoms with Gasteiger partial charge in [-0.2, -0.15) is 0 Å². The van der Waals surface area contributed by atoms with Crippen LogP contribution in [0.1, 0.15) is 93.3 Å². The topological polar surface area (TPSA) is 126 Å². The lowest BCUT2D eigenvalue weighted by molar-refractivity contribution is -0.253. The molecule has 256 valence electrons. The lowest BCUT2D eigenvalue weighted by Crippen LogP contribution is -2.43. The van der Waals surface area contributed by atoms with Crippen LogP contribution in [0.3, 0.4) is 0 Å². The van der Waals surface area contributed by atoms with Crippen molar-refractivity contribution in [2.75, 3.05) is 29.5 Å². The molecule has 3 atom stereocenters. The highest BCUT2D eigenvalue weighted by molar-refractivity contribution is 5.93. The zero-order valence-corrected chi connectivity index (χ0v) is 27.8. The number of nitrogens with zero attached hydrogens (tertiary/aromatic N) is 1. The molecule has 3 unspecified atom stereocenters. The normalized spacial score (nSPS) is 19.7. The number of nitrogen functional groups attached to an aromatic ring is 1. The van der Waals surface area contributed by atoms with Gasteiger partial charge in [-0.25, -0.2) is 0 Å². The second kappa shape index (κ2) is 17.9. The van der Waals surface area contributed by atoms with Crippen LogP contribution in [-0.2, 0) is 25.7 Å². The van der Waals surface area contributed by atoms with Gasteiger partial charge in [0.05, 0.1) is 30.2 Å². The molecule has 1 saturated heterocycles. The molecule has 5 rings (SSSR count). The Bertz CT molecular complexity index is 1490. The fraction of sp³-hybridized carbons (Fsp3) is 0.436. The number of anilines is 3. The van der Waals surface area contributed by atoms with Gasteiger partial charge in [0.25, 0.3) is 0 Å². The molecule has 1 aliphatic heterocycles. The minimum Gasteiger partial charge on any atom is -0.397 e. The molecule has 2 amide bonds. The maximum atomic E-state index is 12.8. The number of nitrogens with one attached hydrogen (secondary N) is 2. The Kier molecular flexibility index (Phi) is 13.2. The molecule has 0 bridgehead atoms. The SMILES string of the molecule is C=CCN(CC1CC(c2ccc(CO)cc2)OC(c2cccc(NC(=O)CCCCCC(=O)Nc3ccccc3N)c2)O1)C1CCCC1. The molecular formula is C39H50N4O5. The molecule has 2 aliphatic rings. The maximum absolute atomic E-state index is 12.8. The standard InChI is InChI=1S/C39H50N4O5/c1-2-23-43(32-13-6-7-14-32)26-33-25-36(29-21-19-28(27-44)20-22-29)48-39(47-33)30-11-10-12-31(24-30)41-37(45)17-4-3-5-18-38(46)42-35-16-9-8-15-34(35)40/h2,8-12,15-16,19-22,24,32-33,36,39,44H,1,3-7,13-14,17-18,23,25-27,40H2,(H,41,45)(H,42,46). The third kappa shape index (κ3) is 10.2. The van der Waals surface area contributed by atoms with E-state index in [0.29, 0.717) is 55.2 Å². The Balaban J connectivity index is 1.16. The Hall–Kier alpha value is -4.02. The highest BCUT2D eigenvalue weighted by atomic mass is 16.7. The predicted octanol–water partition coefficient (Wildman–Crippen LogP) is 7.26. The summed E-state index contributed by atoms with van der Waals surface area (Å²) in [5, 5.41) is 15.4. The zero-order valence-electron chi connectivity index (χ0n) is 27.8. The molecule has 1 aliphatic carbocycles. The number of hydrogen-bond donors (Lipinski definition) is 4. The third-order valence-electron chi connectivity index (χ3n) is 9.24. The maximum Gasteiger partial charge on any atom is 0.224 e. The largest absolute Gasteiger partial charge is 0.397 e. The van der Waals surface area contributed by atoms with Crippen LogP contribution in [0.15, 0.2) is 85.5 Å². The minimum atomic E-state index is -0.602. The number of unbranched alkanes of at least 4 members (excludes halogenated alkanes) is 2. The van der Waals surface area contributed by atoms with Crippen LogP contribution in [0.25, 0.3) is 0 Å². The summed E-state index contributed by atoms with van der Waals surface area (Å²) in [6, 6.07) is 23.3. The van der Waals surface area contributed by atoms with E-state index in [2.05, 4.69) is 22.1 Å². The number of benzene rings is 3. The molecule has 9 heteroatoms. The van der Waals surface area contributed by atoms with Crippen LogP contribution in [0.4, 0.5) is 17.1 Å². The van der Waals surface area contributed by atoms with Gasteiger partial charge in [-0.05, 0) is 61.1 Å². The van der Waals surface area contributed by atoms with Crippen LogP contribution in [-0.4, -0.2) is 47.1 Å². The number of carbonyl (C=O) groups is 2. The van der Waals surface area contributed by atoms with Gasteiger partial charge >= 0.3 is 0 Å². The van der Waals surface area contributed by atoms with Crippen LogP contribution in [0, 0.1) is 0 Å². The molecule has 0 spiro atoms. The summed E-state index contributed by atoms with van der Waals surface area (Å²) < 4.78 is 13.2. The molecule has 1 saturated carbocycles. The minimum absolute atomic E-state index is 0.00157. The Morgan fingerprint density at radius 2 is 1.62 bits per heavy atom. The molecule has 3 aromatic carbocycles. The van der Waals surface area contributed by atoms with Gasteiger partial charge < -0.3 is 30.9 Å². The smallest absolute Gasteiger partial charge is 0.224 e. The van der Waals surface area contributed by atoms with Crippen molar-refractivity contribution >= 4 is 28.9 Å². The number of hydrogen-bond acceptors (Lipinski definition) is 7. The molecule has 0 radical (unpaired) electrons. The first-order chi connectivity index (χ1) is 23.4. The first kappa shape index (κ1) is 35.3. The van der Waals surface area contributed by atoms with Gasteiger partial charge in [0.1, 0.15) is 0 Å². The van der Waals surface area contributed by atoms with Crippen LogP contribution >= 0.6 is 0 Å². The second-order valence-electron chi connectivity index (χ2n) is 12.9. The Morgan fingerprint density at radius 3 is 2.33 bits per heavy atom. The molecule has 1 heterocycles. The van der Waals surface area contributed by atoms with Crippen molar-refractivity contribution < 1.29 is 24.2 Å². The zero-order chi connectivity index (χ0) is 33.7. The molecule has 2 fully saturated rings. The Morgan fingerprint density at radius 1 is 0.896 bits per heavy atom. The van der Waals surface area contributed by atoms with Gasteiger partial charge in [0.2, 0.25) is 11.8 Å². The molecule has 3 aromatic rings. The monoisotopic (exact) mass is 654 g/mol. The quantitative estimate of drug-likeness (QED) is 0.0727. The van der Waals surface area contributed by atoms with E-state index >= 15 is 0 Å². The van der Waals surface area contributed by atoms with Crippen LogP contribution < -0.4 is 16.4 Å². The number of nitrogens with two attached hydrogens (primary N) is 1. The number of para-hydroxylation sites is 2. The van der Waals surface area contributed by atoms with Crippen molar-refractivity contribution in [3.63, 3.8) is 0 Å². The van der Waals surface area contributed by atoms with Crippen molar-refractivity contribution in [3.05, 3.63) is 102 Å². The predicted molar refractivity (Wildman–Crippen MR) is 190 cm³/mol. The van der Waals surface area contributed by atoms with E-state index in [9.17, 15) is 14.7 Å². The van der Waals surface area contributed by atoms with E-state index < -0.39 is 6.29 Å². The number of amides is 2. The van der Waals surface area contributed by atoms with Crippen LogP contribution in [0.2, 0.25) is 0 Å². The summed E-state index contributed by atoms with van der Waals surface area (Å²) in [4.78, 5) is 27.6. The summed E-state index contributed by atoms with van der Waals surface area (Å²) in [6.45, 7) is 5.62. The third-order valence-corrected chi connectivity index (χ3v) is 9.24. The lowest BCUT2D eigenvalue weighted by Gasteiger charge is -2.39. The fourth-order valence-electron chi connectivity index (χ4n) is 6.66. The molecule has 0 aromatic heterocycles. The highest BCUT2D eigenvalue weighted by Crippen LogP contribution is 2.39. The molecular weight excluding hydrogens is 604 g/mol.